The molecule has 17 heavy (non-hydrogen) atoms. The number of ether oxygens (including phenoxy) is 1. The van der Waals surface area contributed by atoms with Crippen LogP contribution in [0.25, 0.3) is 0 Å². The van der Waals surface area contributed by atoms with Crippen LogP contribution < -0.4 is 0 Å². The van der Waals surface area contributed by atoms with E-state index in [1.165, 1.54) is 18.9 Å². The van der Waals surface area contributed by atoms with Gasteiger partial charge in [-0.05, 0) is 21.5 Å². The molecule has 3 nitrogen and oxygen atoms in total. The number of halogens is 1. The Morgan fingerprint density at radius 2 is 2.12 bits per heavy atom. The second-order valence-electron chi connectivity index (χ2n) is 3.03. The number of nitriles is 1. The zero-order valence-corrected chi connectivity index (χ0v) is 11.5. The van der Waals surface area contributed by atoms with Gasteiger partial charge in [0.1, 0.15) is 6.07 Å². The molecule has 0 saturated heterocycles. The van der Waals surface area contributed by atoms with E-state index in [4.69, 9.17) is 5.26 Å². The SMILES string of the molecule is COC(=O)C(C#N)=C(Br)SCc1ccccc1. The molecule has 0 bridgehead atoms. The molecule has 0 unspecified atom stereocenters. The van der Waals surface area contributed by atoms with Gasteiger partial charge in [0.25, 0.3) is 0 Å². The molecule has 1 rings (SSSR count). The van der Waals surface area contributed by atoms with Gasteiger partial charge in [-0.2, -0.15) is 5.26 Å². The second-order valence-corrected chi connectivity index (χ2v) is 5.33. The third-order valence-electron chi connectivity index (χ3n) is 1.91. The highest BCUT2D eigenvalue weighted by Gasteiger charge is 2.14. The van der Waals surface area contributed by atoms with Crippen LogP contribution in [-0.2, 0) is 15.3 Å². The molecule has 0 aliphatic rings. The molecule has 5 heteroatoms. The topological polar surface area (TPSA) is 50.1 Å². The van der Waals surface area contributed by atoms with Gasteiger partial charge in [-0.1, -0.05) is 30.3 Å². The molecule has 1 aromatic carbocycles. The number of rotatable bonds is 4. The van der Waals surface area contributed by atoms with Crippen molar-refractivity contribution in [2.75, 3.05) is 7.11 Å². The van der Waals surface area contributed by atoms with E-state index in [1.807, 2.05) is 36.4 Å². The predicted octanol–water partition coefficient (Wildman–Crippen LogP) is 3.22. The van der Waals surface area contributed by atoms with Crippen molar-refractivity contribution in [2.24, 2.45) is 0 Å². The number of carbonyl (C=O) groups is 1. The monoisotopic (exact) mass is 311 g/mol. The van der Waals surface area contributed by atoms with Crippen LogP contribution in [0.1, 0.15) is 5.56 Å². The molecule has 0 fully saturated rings. The Balaban J connectivity index is 2.71. The maximum Gasteiger partial charge on any atom is 0.350 e. The summed E-state index contributed by atoms with van der Waals surface area (Å²) in [5.41, 5.74) is 1.12. The molecular weight excluding hydrogens is 302 g/mol. The predicted molar refractivity (Wildman–Crippen MR) is 71.3 cm³/mol. The average Bonchev–Trinajstić information content (AvgIpc) is 2.38. The number of methoxy groups -OCH3 is 1. The molecule has 0 aliphatic carbocycles. The van der Waals surface area contributed by atoms with Crippen molar-refractivity contribution in [1.29, 1.82) is 5.26 Å². The zero-order valence-electron chi connectivity index (χ0n) is 9.14. The molecule has 0 aromatic heterocycles. The van der Waals surface area contributed by atoms with Crippen molar-refractivity contribution in [3.05, 3.63) is 45.3 Å². The summed E-state index contributed by atoms with van der Waals surface area (Å²) in [6.07, 6.45) is 0. The van der Waals surface area contributed by atoms with Crippen molar-refractivity contribution >= 4 is 33.7 Å². The van der Waals surface area contributed by atoms with Crippen LogP contribution in [0.2, 0.25) is 0 Å². The molecular formula is C12H10BrNO2S. The number of esters is 1. The molecule has 1 aromatic rings. The van der Waals surface area contributed by atoms with Gasteiger partial charge in [0, 0.05) is 5.75 Å². The summed E-state index contributed by atoms with van der Waals surface area (Å²) in [6, 6.07) is 11.6. The van der Waals surface area contributed by atoms with E-state index >= 15 is 0 Å². The molecule has 88 valence electrons. The fraction of sp³-hybridized carbons (Fsp3) is 0.167. The molecule has 0 spiro atoms. The van der Waals surface area contributed by atoms with Crippen LogP contribution in [-0.4, -0.2) is 13.1 Å². The first-order valence-electron chi connectivity index (χ1n) is 4.74. The highest BCUT2D eigenvalue weighted by atomic mass is 79.9. The quantitative estimate of drug-likeness (QED) is 0.486. The Labute approximate surface area is 113 Å². The number of benzene rings is 1. The molecule has 0 atom stereocenters. The fourth-order valence-electron chi connectivity index (χ4n) is 1.06. The summed E-state index contributed by atoms with van der Waals surface area (Å²) in [7, 11) is 1.25. The highest BCUT2D eigenvalue weighted by molar-refractivity contribution is 9.14. The van der Waals surface area contributed by atoms with Crippen LogP contribution in [0.15, 0.2) is 39.7 Å². The Bertz CT molecular complexity index is 465. The van der Waals surface area contributed by atoms with Gasteiger partial charge in [0.2, 0.25) is 0 Å². The van der Waals surface area contributed by atoms with E-state index < -0.39 is 5.97 Å². The maximum atomic E-state index is 11.2. The first-order valence-corrected chi connectivity index (χ1v) is 6.51. The molecule has 0 aliphatic heterocycles. The van der Waals surface area contributed by atoms with Gasteiger partial charge in [-0.25, -0.2) is 4.79 Å². The van der Waals surface area contributed by atoms with E-state index in [-0.39, 0.29) is 5.57 Å². The minimum Gasteiger partial charge on any atom is -0.465 e. The average molecular weight is 312 g/mol. The van der Waals surface area contributed by atoms with Gasteiger partial charge in [-0.15, -0.1) is 11.8 Å². The van der Waals surface area contributed by atoms with E-state index in [2.05, 4.69) is 20.7 Å². The molecule has 0 radical (unpaired) electrons. The smallest absolute Gasteiger partial charge is 0.350 e. The number of hydrogen-bond acceptors (Lipinski definition) is 4. The number of carbonyl (C=O) groups excluding carboxylic acids is 1. The van der Waals surface area contributed by atoms with Crippen LogP contribution in [0.4, 0.5) is 0 Å². The maximum absolute atomic E-state index is 11.2. The number of nitrogens with zero attached hydrogens (tertiary/aromatic N) is 1. The summed E-state index contributed by atoms with van der Waals surface area (Å²) in [5.74, 6) is 0.0591. The highest BCUT2D eigenvalue weighted by Crippen LogP contribution is 2.29. The minimum absolute atomic E-state index is 0.00608. The van der Waals surface area contributed by atoms with E-state index in [9.17, 15) is 4.79 Å². The third-order valence-corrected chi connectivity index (χ3v) is 3.92. The van der Waals surface area contributed by atoms with Gasteiger partial charge in [0.15, 0.2) is 5.57 Å². The van der Waals surface area contributed by atoms with Gasteiger partial charge < -0.3 is 4.74 Å². The summed E-state index contributed by atoms with van der Waals surface area (Å²) >= 11 is 4.60. The van der Waals surface area contributed by atoms with Crippen molar-refractivity contribution in [1.82, 2.24) is 0 Å². The summed E-state index contributed by atoms with van der Waals surface area (Å²) < 4.78 is 5.01. The van der Waals surface area contributed by atoms with Crippen LogP contribution >= 0.6 is 27.7 Å². The number of hydrogen-bond donors (Lipinski definition) is 0. The Morgan fingerprint density at radius 3 is 2.65 bits per heavy atom. The van der Waals surface area contributed by atoms with Crippen molar-refractivity contribution in [2.45, 2.75) is 5.75 Å². The van der Waals surface area contributed by atoms with Crippen LogP contribution in [0, 0.1) is 11.3 Å². The van der Waals surface area contributed by atoms with Gasteiger partial charge >= 0.3 is 5.97 Å². The van der Waals surface area contributed by atoms with Gasteiger partial charge in [-0.3, -0.25) is 0 Å². The first-order chi connectivity index (χ1) is 8.19. The lowest BCUT2D eigenvalue weighted by molar-refractivity contribution is -0.135. The Kier molecular flexibility index (Phi) is 5.81. The van der Waals surface area contributed by atoms with E-state index in [0.29, 0.717) is 9.57 Å². The van der Waals surface area contributed by atoms with Crippen molar-refractivity contribution in [3.63, 3.8) is 0 Å². The molecule has 0 amide bonds. The van der Waals surface area contributed by atoms with Crippen LogP contribution in [0.3, 0.4) is 0 Å². The second kappa shape index (κ2) is 7.15. The minimum atomic E-state index is -0.625. The lowest BCUT2D eigenvalue weighted by Crippen LogP contribution is -2.03. The summed E-state index contributed by atoms with van der Waals surface area (Å²) in [5, 5.41) is 8.84. The van der Waals surface area contributed by atoms with Crippen molar-refractivity contribution < 1.29 is 9.53 Å². The largest absolute Gasteiger partial charge is 0.465 e. The Hall–Kier alpha value is -1.25. The summed E-state index contributed by atoms with van der Waals surface area (Å²) in [4.78, 5) is 11.2. The third kappa shape index (κ3) is 4.25. The molecule has 0 saturated carbocycles. The van der Waals surface area contributed by atoms with E-state index in [1.54, 1.807) is 0 Å². The van der Waals surface area contributed by atoms with E-state index in [0.717, 1.165) is 5.56 Å². The standard InChI is InChI=1S/C12H10BrNO2S/c1-16-12(15)10(7-14)11(13)17-8-9-5-3-2-4-6-9/h2-6H,8H2,1H3. The normalized spacial score (nSPS) is 11.4. The lowest BCUT2D eigenvalue weighted by atomic mass is 10.2. The lowest BCUT2D eigenvalue weighted by Gasteiger charge is -2.02. The molecule has 0 heterocycles. The first kappa shape index (κ1) is 13.8. The number of thioether (sulfide) groups is 1. The fourth-order valence-corrected chi connectivity index (χ4v) is 2.42. The molecule has 0 N–H and O–H groups in total. The van der Waals surface area contributed by atoms with Crippen LogP contribution in [0.5, 0.6) is 0 Å². The zero-order chi connectivity index (χ0) is 12.7. The van der Waals surface area contributed by atoms with Gasteiger partial charge in [0.05, 0.1) is 10.9 Å². The Morgan fingerprint density at radius 1 is 1.47 bits per heavy atom. The van der Waals surface area contributed by atoms with Crippen molar-refractivity contribution in [3.8, 4) is 6.07 Å². The summed E-state index contributed by atoms with van der Waals surface area (Å²) in [6.45, 7) is 0.